The van der Waals surface area contributed by atoms with E-state index in [9.17, 15) is 0 Å². The Hall–Kier alpha value is -2.92. The first-order chi connectivity index (χ1) is 15.8. The third-order valence-electron chi connectivity index (χ3n) is 5.82. The summed E-state index contributed by atoms with van der Waals surface area (Å²) in [6, 6.07) is 28.5. The molecule has 1 saturated heterocycles. The van der Waals surface area contributed by atoms with Crippen molar-refractivity contribution < 1.29 is 9.47 Å². The minimum atomic E-state index is 0.0711. The van der Waals surface area contributed by atoms with Gasteiger partial charge < -0.3 is 9.47 Å². The van der Waals surface area contributed by atoms with Gasteiger partial charge in [0.25, 0.3) is 0 Å². The molecule has 1 fully saturated rings. The lowest BCUT2D eigenvalue weighted by Gasteiger charge is -2.37. The summed E-state index contributed by atoms with van der Waals surface area (Å²) >= 11 is 0. The van der Waals surface area contributed by atoms with E-state index in [-0.39, 0.29) is 6.23 Å². The molecule has 1 aliphatic heterocycles. The average molecular weight is 429 g/mol. The van der Waals surface area contributed by atoms with E-state index in [0.717, 1.165) is 49.8 Å². The summed E-state index contributed by atoms with van der Waals surface area (Å²) < 4.78 is 12.3. The molecule has 4 rings (SSSR count). The minimum absolute atomic E-state index is 0.0711. The molecule has 1 atom stereocenters. The average Bonchev–Trinajstić information content (AvgIpc) is 2.85. The van der Waals surface area contributed by atoms with E-state index in [1.807, 2.05) is 48.5 Å². The Morgan fingerprint density at radius 2 is 1.47 bits per heavy atom. The number of benzene rings is 3. The van der Waals surface area contributed by atoms with Crippen LogP contribution in [0.25, 0.3) is 6.08 Å². The SMILES string of the molecule is CC(OCc1ccccc1Oc1ccccc1)N1CCN(C/C=C\c2ccccc2)CC1. The van der Waals surface area contributed by atoms with Crippen LogP contribution in [0, 0.1) is 0 Å². The zero-order valence-corrected chi connectivity index (χ0v) is 18.8. The molecule has 0 saturated carbocycles. The summed E-state index contributed by atoms with van der Waals surface area (Å²) in [6.45, 7) is 7.81. The molecule has 0 amide bonds. The van der Waals surface area contributed by atoms with Gasteiger partial charge in [-0.3, -0.25) is 9.80 Å². The largest absolute Gasteiger partial charge is 0.457 e. The number of para-hydroxylation sites is 2. The van der Waals surface area contributed by atoms with Crippen LogP contribution in [-0.2, 0) is 11.3 Å². The smallest absolute Gasteiger partial charge is 0.132 e. The van der Waals surface area contributed by atoms with Crippen LogP contribution < -0.4 is 4.74 Å². The lowest BCUT2D eigenvalue weighted by Crippen LogP contribution is -2.50. The van der Waals surface area contributed by atoms with Gasteiger partial charge in [-0.15, -0.1) is 0 Å². The molecule has 0 aliphatic carbocycles. The van der Waals surface area contributed by atoms with Crippen LogP contribution in [0.2, 0.25) is 0 Å². The topological polar surface area (TPSA) is 24.9 Å². The van der Waals surface area contributed by atoms with Crippen molar-refractivity contribution in [3.8, 4) is 11.5 Å². The molecule has 1 heterocycles. The van der Waals surface area contributed by atoms with E-state index in [0.29, 0.717) is 6.61 Å². The van der Waals surface area contributed by atoms with Crippen LogP contribution in [0.4, 0.5) is 0 Å². The predicted molar refractivity (Wildman–Crippen MR) is 131 cm³/mol. The molecular formula is C28H32N2O2. The third-order valence-corrected chi connectivity index (χ3v) is 5.82. The van der Waals surface area contributed by atoms with Gasteiger partial charge in [-0.05, 0) is 30.7 Å². The van der Waals surface area contributed by atoms with Crippen molar-refractivity contribution in [3.63, 3.8) is 0 Å². The molecule has 32 heavy (non-hydrogen) atoms. The zero-order chi connectivity index (χ0) is 22.0. The fraction of sp³-hybridized carbons (Fsp3) is 0.286. The molecule has 0 spiro atoms. The van der Waals surface area contributed by atoms with Gasteiger partial charge in [-0.2, -0.15) is 0 Å². The summed E-state index contributed by atoms with van der Waals surface area (Å²) in [7, 11) is 0. The Morgan fingerprint density at radius 3 is 2.22 bits per heavy atom. The Bertz CT molecular complexity index is 967. The Balaban J connectivity index is 1.23. The highest BCUT2D eigenvalue weighted by Gasteiger charge is 2.21. The monoisotopic (exact) mass is 428 g/mol. The summed E-state index contributed by atoms with van der Waals surface area (Å²) in [4.78, 5) is 4.91. The van der Waals surface area contributed by atoms with Gasteiger partial charge in [0.15, 0.2) is 0 Å². The first-order valence-corrected chi connectivity index (χ1v) is 11.4. The van der Waals surface area contributed by atoms with Gasteiger partial charge in [0, 0.05) is 38.3 Å². The molecule has 4 heteroatoms. The maximum Gasteiger partial charge on any atom is 0.132 e. The standard InChI is InChI=1S/C28H32N2O2/c1-24(30-21-19-29(20-22-30)18-10-13-25-11-4-2-5-12-25)31-23-26-14-8-9-17-28(26)32-27-15-6-3-7-16-27/h2-17,24H,18-23H2,1H3/b13-10-. The normalized spacial score (nSPS) is 16.3. The van der Waals surface area contributed by atoms with Crippen LogP contribution in [0.1, 0.15) is 18.1 Å². The van der Waals surface area contributed by atoms with Crippen molar-refractivity contribution >= 4 is 6.08 Å². The Kier molecular flexibility index (Phi) is 8.10. The van der Waals surface area contributed by atoms with Gasteiger partial charge in [0.05, 0.1) is 6.61 Å². The fourth-order valence-corrected chi connectivity index (χ4v) is 3.87. The van der Waals surface area contributed by atoms with Crippen molar-refractivity contribution in [3.05, 3.63) is 102 Å². The van der Waals surface area contributed by atoms with Crippen molar-refractivity contribution in [2.75, 3.05) is 32.7 Å². The van der Waals surface area contributed by atoms with Crippen LogP contribution in [0.5, 0.6) is 11.5 Å². The molecular weight excluding hydrogens is 396 g/mol. The molecule has 0 radical (unpaired) electrons. The van der Waals surface area contributed by atoms with Gasteiger partial charge in [0.2, 0.25) is 0 Å². The second-order valence-corrected chi connectivity index (χ2v) is 8.08. The van der Waals surface area contributed by atoms with Crippen molar-refractivity contribution in [2.24, 2.45) is 0 Å². The highest BCUT2D eigenvalue weighted by atomic mass is 16.5. The molecule has 4 nitrogen and oxygen atoms in total. The van der Waals surface area contributed by atoms with Crippen molar-refractivity contribution in [1.82, 2.24) is 9.80 Å². The quantitative estimate of drug-likeness (QED) is 0.438. The number of nitrogens with zero attached hydrogens (tertiary/aromatic N) is 2. The summed E-state index contributed by atoms with van der Waals surface area (Å²) in [6.07, 6.45) is 4.53. The zero-order valence-electron chi connectivity index (χ0n) is 18.8. The van der Waals surface area contributed by atoms with Crippen molar-refractivity contribution in [2.45, 2.75) is 19.8 Å². The fourth-order valence-electron chi connectivity index (χ4n) is 3.87. The molecule has 0 N–H and O–H groups in total. The van der Waals surface area contributed by atoms with Crippen LogP contribution in [-0.4, -0.2) is 48.8 Å². The van der Waals surface area contributed by atoms with E-state index >= 15 is 0 Å². The van der Waals surface area contributed by atoms with Crippen LogP contribution in [0.15, 0.2) is 91.0 Å². The minimum Gasteiger partial charge on any atom is -0.457 e. The lowest BCUT2D eigenvalue weighted by atomic mass is 10.2. The predicted octanol–water partition coefficient (Wildman–Crippen LogP) is 5.67. The number of hydrogen-bond acceptors (Lipinski definition) is 4. The molecule has 0 aromatic heterocycles. The maximum absolute atomic E-state index is 6.23. The highest BCUT2D eigenvalue weighted by Crippen LogP contribution is 2.26. The first-order valence-electron chi connectivity index (χ1n) is 11.4. The van der Waals surface area contributed by atoms with E-state index < -0.39 is 0 Å². The third kappa shape index (κ3) is 6.54. The summed E-state index contributed by atoms with van der Waals surface area (Å²) in [5.74, 6) is 1.69. The van der Waals surface area contributed by atoms with E-state index in [4.69, 9.17) is 9.47 Å². The van der Waals surface area contributed by atoms with Gasteiger partial charge >= 0.3 is 0 Å². The van der Waals surface area contributed by atoms with E-state index in [1.54, 1.807) is 0 Å². The second-order valence-electron chi connectivity index (χ2n) is 8.08. The number of ether oxygens (including phenoxy) is 2. The molecule has 166 valence electrons. The van der Waals surface area contributed by atoms with Crippen LogP contribution in [0.3, 0.4) is 0 Å². The number of rotatable bonds is 9. The van der Waals surface area contributed by atoms with Gasteiger partial charge in [-0.1, -0.05) is 78.9 Å². The second kappa shape index (κ2) is 11.6. The molecule has 1 aliphatic rings. The number of piperazine rings is 1. The van der Waals surface area contributed by atoms with Crippen molar-refractivity contribution in [1.29, 1.82) is 0 Å². The van der Waals surface area contributed by atoms with Gasteiger partial charge in [0.1, 0.15) is 17.7 Å². The van der Waals surface area contributed by atoms with Gasteiger partial charge in [-0.25, -0.2) is 0 Å². The van der Waals surface area contributed by atoms with E-state index in [1.165, 1.54) is 5.56 Å². The molecule has 0 bridgehead atoms. The molecule has 3 aromatic carbocycles. The Morgan fingerprint density at radius 1 is 0.812 bits per heavy atom. The lowest BCUT2D eigenvalue weighted by molar-refractivity contribution is -0.0723. The van der Waals surface area contributed by atoms with Crippen LogP contribution >= 0.6 is 0 Å². The first kappa shape index (κ1) is 22.3. The Labute approximate surface area is 191 Å². The highest BCUT2D eigenvalue weighted by molar-refractivity contribution is 5.48. The number of hydrogen-bond donors (Lipinski definition) is 0. The summed E-state index contributed by atoms with van der Waals surface area (Å²) in [5.41, 5.74) is 2.32. The molecule has 3 aromatic rings. The maximum atomic E-state index is 6.23. The summed E-state index contributed by atoms with van der Waals surface area (Å²) in [5, 5.41) is 0. The molecule has 1 unspecified atom stereocenters. The van der Waals surface area contributed by atoms with E-state index in [2.05, 4.69) is 65.3 Å².